The molecule has 0 saturated heterocycles. The summed E-state index contributed by atoms with van der Waals surface area (Å²) in [5.41, 5.74) is 0. The second-order valence-corrected chi connectivity index (χ2v) is 21.6. The summed E-state index contributed by atoms with van der Waals surface area (Å²) in [7, 11) is -4.74. The molecule has 72 heavy (non-hydrogen) atoms. The summed E-state index contributed by atoms with van der Waals surface area (Å²) >= 11 is 0. The number of allylic oxidation sites excluding steroid dienone is 6. The highest BCUT2D eigenvalue weighted by molar-refractivity contribution is 7.47. The Bertz CT molecular complexity index is 1350. The van der Waals surface area contributed by atoms with Gasteiger partial charge in [-0.2, -0.15) is 0 Å². The number of unbranched alkanes of at least 4 members (excludes halogenated alkanes) is 33. The molecule has 0 radical (unpaired) electrons. The van der Waals surface area contributed by atoms with Gasteiger partial charge >= 0.3 is 25.7 Å². The van der Waals surface area contributed by atoms with E-state index in [-0.39, 0.29) is 25.9 Å². The molecule has 0 aromatic rings. The van der Waals surface area contributed by atoms with Gasteiger partial charge in [0.05, 0.1) is 19.8 Å². The lowest BCUT2D eigenvalue weighted by molar-refractivity contribution is -0.161. The van der Waals surface area contributed by atoms with Crippen molar-refractivity contribution in [3.8, 4) is 0 Å². The molecular weight excluding hydrogens is 928 g/mol. The lowest BCUT2D eigenvalue weighted by Gasteiger charge is -2.21. The molecule has 422 valence electrons. The van der Waals surface area contributed by atoms with Gasteiger partial charge in [-0.05, 0) is 51.4 Å². The summed E-state index contributed by atoms with van der Waals surface area (Å²) in [5.74, 6) is -1.46. The molecule has 12 heteroatoms. The molecule has 0 aliphatic carbocycles. The van der Waals surface area contributed by atoms with E-state index in [1.165, 1.54) is 141 Å². The van der Waals surface area contributed by atoms with Gasteiger partial charge in [-0.15, -0.1) is 0 Å². The van der Waals surface area contributed by atoms with Gasteiger partial charge in [0.2, 0.25) is 0 Å². The minimum Gasteiger partial charge on any atom is -0.462 e. The lowest BCUT2D eigenvalue weighted by Crippen LogP contribution is -2.30. The van der Waals surface area contributed by atoms with Crippen LogP contribution in [0.3, 0.4) is 0 Å². The molecular formula is C60H111O11P. The van der Waals surface area contributed by atoms with E-state index in [2.05, 4.69) is 57.2 Å². The molecule has 0 bridgehead atoms. The maximum Gasteiger partial charge on any atom is 0.472 e. The Hall–Kier alpha value is -2.30. The van der Waals surface area contributed by atoms with E-state index in [1.807, 2.05) is 0 Å². The first-order valence-corrected chi connectivity index (χ1v) is 31.4. The second-order valence-electron chi connectivity index (χ2n) is 20.1. The van der Waals surface area contributed by atoms with Crippen molar-refractivity contribution in [3.63, 3.8) is 0 Å². The number of hydrogen-bond donors (Lipinski definition) is 2. The van der Waals surface area contributed by atoms with Gasteiger partial charge in [0.15, 0.2) is 6.10 Å². The van der Waals surface area contributed by atoms with E-state index < -0.39 is 57.8 Å². The smallest absolute Gasteiger partial charge is 0.462 e. The van der Waals surface area contributed by atoms with E-state index >= 15 is 0 Å². The van der Waals surface area contributed by atoms with Crippen LogP contribution in [-0.2, 0) is 42.2 Å². The zero-order valence-corrected chi connectivity index (χ0v) is 47.6. The molecule has 0 fully saturated rings. The normalized spacial score (nSPS) is 13.6. The fraction of sp³-hybridized carbons (Fsp3) is 0.850. The van der Waals surface area contributed by atoms with Crippen LogP contribution in [0.2, 0.25) is 0 Å². The van der Waals surface area contributed by atoms with Crippen molar-refractivity contribution in [2.75, 3.05) is 26.4 Å². The average Bonchev–Trinajstić information content (AvgIpc) is 3.37. The van der Waals surface area contributed by atoms with Crippen molar-refractivity contribution in [2.45, 2.75) is 303 Å². The highest BCUT2D eigenvalue weighted by atomic mass is 31.2. The first kappa shape index (κ1) is 69.7. The summed E-state index contributed by atoms with van der Waals surface area (Å²) in [5, 5.41) is 9.81. The largest absolute Gasteiger partial charge is 0.472 e. The van der Waals surface area contributed by atoms with Crippen LogP contribution in [0, 0.1) is 0 Å². The zero-order valence-electron chi connectivity index (χ0n) is 46.7. The number of carbonyl (C=O) groups excluding carboxylic acids is 3. The number of hydrogen-bond acceptors (Lipinski definition) is 10. The molecule has 0 aromatic heterocycles. The van der Waals surface area contributed by atoms with Crippen LogP contribution >= 0.6 is 7.82 Å². The molecule has 0 heterocycles. The van der Waals surface area contributed by atoms with Crippen LogP contribution in [0.5, 0.6) is 0 Å². The fourth-order valence-electron chi connectivity index (χ4n) is 8.55. The van der Waals surface area contributed by atoms with Crippen molar-refractivity contribution in [3.05, 3.63) is 36.5 Å². The van der Waals surface area contributed by atoms with Crippen LogP contribution < -0.4 is 0 Å². The van der Waals surface area contributed by atoms with E-state index in [9.17, 15) is 28.9 Å². The van der Waals surface area contributed by atoms with Crippen LogP contribution in [0.1, 0.15) is 290 Å². The number of carbonyl (C=O) groups is 3. The zero-order chi connectivity index (χ0) is 52.7. The third-order valence-corrected chi connectivity index (χ3v) is 14.0. The summed E-state index contributed by atoms with van der Waals surface area (Å²) in [4.78, 5) is 48.6. The number of aliphatic hydroxyl groups excluding tert-OH is 1. The third-order valence-electron chi connectivity index (χ3n) is 13.1. The van der Waals surface area contributed by atoms with Gasteiger partial charge in [-0.25, -0.2) is 4.57 Å². The first-order valence-electron chi connectivity index (χ1n) is 29.9. The second kappa shape index (κ2) is 54.9. The number of phosphoric acid groups is 1. The van der Waals surface area contributed by atoms with Crippen molar-refractivity contribution in [1.29, 1.82) is 0 Å². The maximum atomic E-state index is 12.9. The Morgan fingerprint density at radius 2 is 0.722 bits per heavy atom. The predicted molar refractivity (Wildman–Crippen MR) is 298 cm³/mol. The van der Waals surface area contributed by atoms with Crippen molar-refractivity contribution in [2.24, 2.45) is 0 Å². The summed E-state index contributed by atoms with van der Waals surface area (Å²) in [6, 6.07) is 0. The fourth-order valence-corrected chi connectivity index (χ4v) is 9.33. The van der Waals surface area contributed by atoms with Gasteiger partial charge in [-0.3, -0.25) is 23.4 Å². The molecule has 3 unspecified atom stereocenters. The number of aliphatic hydroxyl groups is 1. The standard InChI is InChI=1S/C60H111O11P/c1-4-7-10-13-16-19-22-25-27-28-30-33-36-39-42-45-48-51-60(64)71-57(53-67-58(62)49-46-43-40-37-34-32-29-26-23-20-17-14-11-8-5-2)55-69-72(65,66)68-54-56(52-61)70-59(63)50-47-44-41-38-35-31-24-21-18-15-12-9-6-3/h8,11,17,20,26,29,56-57,61H,4-7,9-10,12-16,18-19,21-25,27-28,30-55H2,1-3H3,(H,65,66)/b11-8-,20-17-,29-26-. The van der Waals surface area contributed by atoms with Crippen molar-refractivity contribution in [1.82, 2.24) is 0 Å². The Morgan fingerprint density at radius 1 is 0.403 bits per heavy atom. The SMILES string of the molecule is CC/C=C\C/C=C\C/C=C\CCCCCCCC(=O)OCC(COP(=O)(O)OCC(CO)OC(=O)CCCCCCCCCCCCCCC)OC(=O)CCCCCCCCCCCCCCCCCCC. The van der Waals surface area contributed by atoms with Crippen LogP contribution in [0.25, 0.3) is 0 Å². The minimum atomic E-state index is -4.74. The number of esters is 3. The molecule has 3 atom stereocenters. The molecule has 0 saturated carbocycles. The first-order chi connectivity index (χ1) is 35.2. The topological polar surface area (TPSA) is 155 Å². The summed E-state index contributed by atoms with van der Waals surface area (Å²) in [6.45, 7) is 4.57. The van der Waals surface area contributed by atoms with Crippen LogP contribution in [0.4, 0.5) is 0 Å². The van der Waals surface area contributed by atoms with E-state index in [4.69, 9.17) is 23.3 Å². The molecule has 0 spiro atoms. The molecule has 2 N–H and O–H groups in total. The molecule has 11 nitrogen and oxygen atoms in total. The Balaban J connectivity index is 4.70. The van der Waals surface area contributed by atoms with Crippen molar-refractivity contribution < 1.29 is 52.2 Å². The van der Waals surface area contributed by atoms with Gasteiger partial charge in [-0.1, -0.05) is 256 Å². The molecule has 0 rings (SSSR count). The molecule has 0 aliphatic heterocycles. The van der Waals surface area contributed by atoms with Gasteiger partial charge in [0.1, 0.15) is 12.7 Å². The Kier molecular flexibility index (Phi) is 53.2. The van der Waals surface area contributed by atoms with Crippen LogP contribution in [0.15, 0.2) is 36.5 Å². The number of ether oxygens (including phenoxy) is 3. The molecule has 0 aliphatic rings. The van der Waals surface area contributed by atoms with Gasteiger partial charge in [0.25, 0.3) is 0 Å². The summed E-state index contributed by atoms with van der Waals surface area (Å²) in [6.07, 6.45) is 56.7. The third kappa shape index (κ3) is 52.6. The Labute approximate surface area is 441 Å². The number of rotatable bonds is 56. The van der Waals surface area contributed by atoms with Crippen molar-refractivity contribution >= 4 is 25.7 Å². The minimum absolute atomic E-state index is 0.170. The molecule has 0 aromatic carbocycles. The van der Waals surface area contributed by atoms with Crippen LogP contribution in [-0.4, -0.2) is 66.5 Å². The monoisotopic (exact) mass is 1040 g/mol. The summed E-state index contributed by atoms with van der Waals surface area (Å²) < 4.78 is 39.6. The highest BCUT2D eigenvalue weighted by Crippen LogP contribution is 2.43. The molecule has 0 amide bonds. The maximum absolute atomic E-state index is 12.9. The average molecular weight is 1040 g/mol. The highest BCUT2D eigenvalue weighted by Gasteiger charge is 2.28. The lowest BCUT2D eigenvalue weighted by atomic mass is 10.0. The predicted octanol–water partition coefficient (Wildman–Crippen LogP) is 17.6. The quantitative estimate of drug-likeness (QED) is 0.0197. The van der Waals surface area contributed by atoms with E-state index in [1.54, 1.807) is 0 Å². The number of phosphoric ester groups is 1. The Morgan fingerprint density at radius 3 is 1.11 bits per heavy atom. The van der Waals surface area contributed by atoms with E-state index in [0.29, 0.717) is 19.3 Å². The van der Waals surface area contributed by atoms with E-state index in [0.717, 1.165) is 89.9 Å². The van der Waals surface area contributed by atoms with Gasteiger partial charge < -0.3 is 24.2 Å². The van der Waals surface area contributed by atoms with Gasteiger partial charge in [0, 0.05) is 19.3 Å².